The first-order chi connectivity index (χ1) is 14.1. The topological polar surface area (TPSA) is 111 Å². The predicted octanol–water partition coefficient (Wildman–Crippen LogP) is 2.32. The Hall–Kier alpha value is -3.52. The first kappa shape index (κ1) is 18.8. The van der Waals surface area contributed by atoms with Crippen LogP contribution in [0.5, 0.6) is 0 Å². The van der Waals surface area contributed by atoms with Crippen molar-refractivity contribution in [2.24, 2.45) is 0 Å². The van der Waals surface area contributed by atoms with Gasteiger partial charge in [0.05, 0.1) is 6.10 Å². The number of nitrogens with one attached hydrogen (secondary N) is 2. The van der Waals surface area contributed by atoms with Gasteiger partial charge in [0.1, 0.15) is 5.69 Å². The second-order valence-electron chi connectivity index (χ2n) is 6.97. The van der Waals surface area contributed by atoms with Gasteiger partial charge < -0.3 is 15.3 Å². The van der Waals surface area contributed by atoms with E-state index >= 15 is 0 Å². The highest BCUT2D eigenvalue weighted by Crippen LogP contribution is 2.21. The van der Waals surface area contributed by atoms with Crippen LogP contribution in [-0.4, -0.2) is 56.4 Å². The van der Waals surface area contributed by atoms with E-state index in [1.54, 1.807) is 29.2 Å². The Bertz CT molecular complexity index is 1020. The summed E-state index contributed by atoms with van der Waals surface area (Å²) in [5, 5.41) is 23.1. The standard InChI is InChI=1S/C21H21N5O3/c27-17-10-5-11-26(13-17)21(29)15-8-4-9-16(12-15)22-20(28)19-18(23-25-24-19)14-6-2-1-3-7-14/h1-4,6-9,12,17,27H,5,10-11,13H2,(H,22,28)(H,23,24,25). The molecule has 3 aromatic rings. The van der Waals surface area contributed by atoms with Crippen LogP contribution in [0.2, 0.25) is 0 Å². The number of anilines is 1. The molecule has 4 rings (SSSR count). The van der Waals surface area contributed by atoms with Crippen LogP contribution in [0.4, 0.5) is 5.69 Å². The van der Waals surface area contributed by atoms with Crippen molar-refractivity contribution >= 4 is 17.5 Å². The summed E-state index contributed by atoms with van der Waals surface area (Å²) in [5.74, 6) is -0.582. The number of H-pyrrole nitrogens is 1. The second kappa shape index (κ2) is 8.24. The van der Waals surface area contributed by atoms with Crippen molar-refractivity contribution in [3.63, 3.8) is 0 Å². The largest absolute Gasteiger partial charge is 0.391 e. The molecule has 1 atom stereocenters. The number of aliphatic hydroxyl groups is 1. The lowest BCUT2D eigenvalue weighted by atomic mass is 10.1. The number of rotatable bonds is 4. The van der Waals surface area contributed by atoms with E-state index in [4.69, 9.17) is 0 Å². The normalized spacial score (nSPS) is 16.4. The van der Waals surface area contributed by atoms with E-state index in [1.807, 2.05) is 30.3 Å². The molecule has 1 aliphatic rings. The molecule has 1 aromatic heterocycles. The fourth-order valence-electron chi connectivity index (χ4n) is 3.43. The summed E-state index contributed by atoms with van der Waals surface area (Å²) < 4.78 is 0. The summed E-state index contributed by atoms with van der Waals surface area (Å²) in [5.41, 5.74) is 2.35. The van der Waals surface area contributed by atoms with E-state index in [1.165, 1.54) is 0 Å². The van der Waals surface area contributed by atoms with Gasteiger partial charge >= 0.3 is 0 Å². The van der Waals surface area contributed by atoms with E-state index in [9.17, 15) is 14.7 Å². The minimum atomic E-state index is -0.487. The molecule has 8 nitrogen and oxygen atoms in total. The monoisotopic (exact) mass is 391 g/mol. The summed E-state index contributed by atoms with van der Waals surface area (Å²) in [4.78, 5) is 27.1. The first-order valence-electron chi connectivity index (χ1n) is 9.47. The highest BCUT2D eigenvalue weighted by Gasteiger charge is 2.23. The number of piperidine rings is 1. The Balaban J connectivity index is 1.51. The van der Waals surface area contributed by atoms with Gasteiger partial charge in [0, 0.05) is 29.9 Å². The Morgan fingerprint density at radius 3 is 2.72 bits per heavy atom. The van der Waals surface area contributed by atoms with Crippen molar-refractivity contribution < 1.29 is 14.7 Å². The molecule has 2 aromatic carbocycles. The van der Waals surface area contributed by atoms with Gasteiger partial charge in [0.25, 0.3) is 11.8 Å². The maximum Gasteiger partial charge on any atom is 0.278 e. The zero-order chi connectivity index (χ0) is 20.2. The van der Waals surface area contributed by atoms with E-state index in [2.05, 4.69) is 20.7 Å². The van der Waals surface area contributed by atoms with Crippen LogP contribution in [0.15, 0.2) is 54.6 Å². The van der Waals surface area contributed by atoms with Crippen LogP contribution in [0.3, 0.4) is 0 Å². The quantitative estimate of drug-likeness (QED) is 0.632. The molecule has 8 heteroatoms. The molecule has 148 valence electrons. The second-order valence-corrected chi connectivity index (χ2v) is 6.97. The lowest BCUT2D eigenvalue weighted by Crippen LogP contribution is -2.42. The molecule has 2 amide bonds. The molecular formula is C21H21N5O3. The maximum absolute atomic E-state index is 12.7. The summed E-state index contributed by atoms with van der Waals surface area (Å²) in [6.07, 6.45) is 0.998. The lowest BCUT2D eigenvalue weighted by molar-refractivity contribution is 0.0474. The minimum Gasteiger partial charge on any atom is -0.391 e. The Labute approximate surface area is 167 Å². The number of amides is 2. The van der Waals surface area contributed by atoms with Crippen molar-refractivity contribution in [1.29, 1.82) is 0 Å². The van der Waals surface area contributed by atoms with Gasteiger partial charge in [-0.2, -0.15) is 15.4 Å². The van der Waals surface area contributed by atoms with Gasteiger partial charge in [0.2, 0.25) is 0 Å². The fraction of sp³-hybridized carbons (Fsp3) is 0.238. The Morgan fingerprint density at radius 2 is 1.93 bits per heavy atom. The summed E-state index contributed by atoms with van der Waals surface area (Å²) in [6, 6.07) is 16.0. The van der Waals surface area contributed by atoms with Crippen molar-refractivity contribution in [2.75, 3.05) is 18.4 Å². The number of nitrogens with zero attached hydrogens (tertiary/aromatic N) is 3. The van der Waals surface area contributed by atoms with Crippen molar-refractivity contribution in [3.8, 4) is 11.3 Å². The number of aromatic nitrogens is 3. The van der Waals surface area contributed by atoms with Crippen LogP contribution in [0, 0.1) is 0 Å². The van der Waals surface area contributed by atoms with Crippen molar-refractivity contribution in [2.45, 2.75) is 18.9 Å². The zero-order valence-electron chi connectivity index (χ0n) is 15.7. The van der Waals surface area contributed by atoms with Crippen molar-refractivity contribution in [1.82, 2.24) is 20.3 Å². The number of carbonyl (C=O) groups is 2. The average Bonchev–Trinajstić information content (AvgIpc) is 3.24. The van der Waals surface area contributed by atoms with Gasteiger partial charge in [-0.15, -0.1) is 0 Å². The number of benzene rings is 2. The third-order valence-corrected chi connectivity index (χ3v) is 4.86. The number of likely N-dealkylation sites (tertiary alicyclic amines) is 1. The van der Waals surface area contributed by atoms with Gasteiger partial charge in [-0.3, -0.25) is 9.59 Å². The molecule has 1 saturated heterocycles. The highest BCUT2D eigenvalue weighted by molar-refractivity contribution is 6.07. The third kappa shape index (κ3) is 4.17. The zero-order valence-corrected chi connectivity index (χ0v) is 15.7. The number of carbonyl (C=O) groups excluding carboxylic acids is 2. The average molecular weight is 391 g/mol. The van der Waals surface area contributed by atoms with Gasteiger partial charge in [-0.05, 0) is 31.0 Å². The molecule has 1 fully saturated rings. The molecular weight excluding hydrogens is 370 g/mol. The number of aromatic amines is 1. The van der Waals surface area contributed by atoms with Crippen LogP contribution >= 0.6 is 0 Å². The molecule has 0 aliphatic carbocycles. The molecule has 0 saturated carbocycles. The smallest absolute Gasteiger partial charge is 0.278 e. The molecule has 2 heterocycles. The van der Waals surface area contributed by atoms with Crippen LogP contribution < -0.4 is 5.32 Å². The van der Waals surface area contributed by atoms with Crippen molar-refractivity contribution in [3.05, 3.63) is 65.9 Å². The summed E-state index contributed by atoms with van der Waals surface area (Å²) >= 11 is 0. The molecule has 1 unspecified atom stereocenters. The molecule has 0 spiro atoms. The van der Waals surface area contributed by atoms with E-state index in [0.29, 0.717) is 36.5 Å². The van der Waals surface area contributed by atoms with Crippen LogP contribution in [0.1, 0.15) is 33.7 Å². The van der Waals surface area contributed by atoms with E-state index in [-0.39, 0.29) is 11.6 Å². The summed E-state index contributed by atoms with van der Waals surface area (Å²) in [7, 11) is 0. The number of hydrogen-bond donors (Lipinski definition) is 3. The summed E-state index contributed by atoms with van der Waals surface area (Å²) in [6.45, 7) is 0.945. The number of aliphatic hydroxyl groups excluding tert-OH is 1. The molecule has 0 bridgehead atoms. The predicted molar refractivity (Wildman–Crippen MR) is 107 cm³/mol. The van der Waals surface area contributed by atoms with Gasteiger partial charge in [-0.1, -0.05) is 36.4 Å². The van der Waals surface area contributed by atoms with Crippen LogP contribution in [-0.2, 0) is 0 Å². The maximum atomic E-state index is 12.7. The highest BCUT2D eigenvalue weighted by atomic mass is 16.3. The molecule has 29 heavy (non-hydrogen) atoms. The van der Waals surface area contributed by atoms with Gasteiger partial charge in [0.15, 0.2) is 5.69 Å². The fourth-order valence-corrected chi connectivity index (χ4v) is 3.43. The SMILES string of the molecule is O=C(Nc1cccc(C(=O)N2CCCC(O)C2)c1)c1n[nH]nc1-c1ccccc1. The minimum absolute atomic E-state index is 0.161. The lowest BCUT2D eigenvalue weighted by Gasteiger charge is -2.30. The molecule has 1 aliphatic heterocycles. The number of hydrogen-bond acceptors (Lipinski definition) is 5. The number of β-amino-alcohol motifs (C(OH)–C–C–N with tert-alkyl or cyclic N) is 1. The first-order valence-corrected chi connectivity index (χ1v) is 9.47. The van der Waals surface area contributed by atoms with E-state index < -0.39 is 12.0 Å². The molecule has 3 N–H and O–H groups in total. The Morgan fingerprint density at radius 1 is 1.10 bits per heavy atom. The van der Waals surface area contributed by atoms with Gasteiger partial charge in [-0.25, -0.2) is 0 Å². The van der Waals surface area contributed by atoms with E-state index in [0.717, 1.165) is 12.0 Å². The third-order valence-electron chi connectivity index (χ3n) is 4.86. The Kier molecular flexibility index (Phi) is 5.35. The van der Waals surface area contributed by atoms with Crippen LogP contribution in [0.25, 0.3) is 11.3 Å². The molecule has 0 radical (unpaired) electrons.